The monoisotopic (exact) mass is 427 g/mol. The van der Waals surface area contributed by atoms with Crippen LogP contribution in [0.25, 0.3) is 22.2 Å². The minimum absolute atomic E-state index is 0.0338. The molecule has 0 atom stereocenters. The number of benzene rings is 1. The van der Waals surface area contributed by atoms with E-state index in [1.165, 1.54) is 7.11 Å². The smallest absolute Gasteiger partial charge is 0.239 e. The molecule has 0 spiro atoms. The van der Waals surface area contributed by atoms with Crippen LogP contribution >= 0.6 is 0 Å². The molecule has 10 heteroatoms. The van der Waals surface area contributed by atoms with E-state index in [0.29, 0.717) is 22.7 Å². The fraction of sp³-hybridized carbons (Fsp3) is 0.150. The number of primary sulfonamides is 1. The van der Waals surface area contributed by atoms with Gasteiger partial charge in [-0.25, -0.2) is 27.9 Å². The van der Waals surface area contributed by atoms with Gasteiger partial charge in [0.05, 0.1) is 36.6 Å². The Morgan fingerprint density at radius 3 is 2.53 bits per heavy atom. The van der Waals surface area contributed by atoms with Gasteiger partial charge in [-0.15, -0.1) is 0 Å². The van der Waals surface area contributed by atoms with Crippen molar-refractivity contribution in [1.82, 2.24) is 19.5 Å². The molecule has 8 nitrogen and oxygen atoms in total. The highest BCUT2D eigenvalue weighted by molar-refractivity contribution is 7.89. The molecule has 0 aliphatic carbocycles. The second kappa shape index (κ2) is 7.47. The van der Waals surface area contributed by atoms with Gasteiger partial charge >= 0.3 is 0 Å². The first-order chi connectivity index (χ1) is 14.3. The van der Waals surface area contributed by atoms with Gasteiger partial charge in [-0.3, -0.25) is 4.98 Å². The fourth-order valence-corrected chi connectivity index (χ4v) is 3.78. The van der Waals surface area contributed by atoms with Gasteiger partial charge in [0, 0.05) is 6.20 Å². The van der Waals surface area contributed by atoms with Crippen molar-refractivity contribution in [2.75, 3.05) is 7.11 Å². The molecule has 0 bridgehead atoms. The molecule has 4 aromatic rings. The average molecular weight is 427 g/mol. The van der Waals surface area contributed by atoms with Crippen LogP contribution in [0.15, 0.2) is 53.7 Å². The molecule has 0 saturated carbocycles. The van der Waals surface area contributed by atoms with Crippen LogP contribution in [-0.2, 0) is 16.6 Å². The predicted octanol–water partition coefficient (Wildman–Crippen LogP) is 2.65. The van der Waals surface area contributed by atoms with Crippen LogP contribution in [0.3, 0.4) is 0 Å². The van der Waals surface area contributed by atoms with Crippen molar-refractivity contribution in [3.8, 4) is 17.0 Å². The molecule has 154 valence electrons. The Morgan fingerprint density at radius 2 is 1.90 bits per heavy atom. The van der Waals surface area contributed by atoms with Gasteiger partial charge in [0.15, 0.2) is 0 Å². The first-order valence-corrected chi connectivity index (χ1v) is 10.5. The lowest BCUT2D eigenvalue weighted by molar-refractivity contribution is 0.400. The van der Waals surface area contributed by atoms with E-state index < -0.39 is 15.8 Å². The molecular formula is C20H18FN5O3S. The molecule has 30 heavy (non-hydrogen) atoms. The molecule has 0 amide bonds. The maximum absolute atomic E-state index is 14.6. The van der Waals surface area contributed by atoms with Crippen LogP contribution < -0.4 is 9.88 Å². The van der Waals surface area contributed by atoms with Crippen LogP contribution in [0.2, 0.25) is 0 Å². The SMILES string of the molecule is COc1ncc2nc(C)n(Cc3ncc(S(N)(=O)=O)cc3F)c2c1-c1ccccc1. The van der Waals surface area contributed by atoms with Crippen molar-refractivity contribution < 1.29 is 17.5 Å². The average Bonchev–Trinajstić information content (AvgIpc) is 3.03. The zero-order valence-electron chi connectivity index (χ0n) is 16.2. The quantitative estimate of drug-likeness (QED) is 0.524. The standard InChI is InChI=1S/C20H18FN5O3S/c1-12-25-16-10-24-20(29-2)18(13-6-4-3-5-7-13)19(16)26(12)11-17-15(21)8-14(9-23-17)30(22,27)28/h3-10H,11H2,1-2H3,(H2,22,27,28). The summed E-state index contributed by atoms with van der Waals surface area (Å²) in [7, 11) is -2.52. The molecule has 0 radical (unpaired) electrons. The number of methoxy groups -OCH3 is 1. The summed E-state index contributed by atoms with van der Waals surface area (Å²) in [5.41, 5.74) is 2.97. The number of ether oxygens (including phenoxy) is 1. The minimum atomic E-state index is -4.05. The molecule has 0 saturated heterocycles. The van der Waals surface area contributed by atoms with Crippen LogP contribution in [0, 0.1) is 12.7 Å². The van der Waals surface area contributed by atoms with Gasteiger partial charge < -0.3 is 9.30 Å². The fourth-order valence-electron chi connectivity index (χ4n) is 3.31. The number of aryl methyl sites for hydroxylation is 1. The second-order valence-electron chi connectivity index (χ2n) is 6.63. The van der Waals surface area contributed by atoms with Crippen molar-refractivity contribution in [2.24, 2.45) is 5.14 Å². The summed E-state index contributed by atoms with van der Waals surface area (Å²) in [6.45, 7) is 1.82. The van der Waals surface area contributed by atoms with Crippen molar-refractivity contribution in [1.29, 1.82) is 0 Å². The van der Waals surface area contributed by atoms with Crippen LogP contribution in [-0.4, -0.2) is 35.0 Å². The molecule has 3 aromatic heterocycles. The number of halogens is 1. The van der Waals surface area contributed by atoms with Gasteiger partial charge in [0.25, 0.3) is 0 Å². The minimum Gasteiger partial charge on any atom is -0.480 e. The van der Waals surface area contributed by atoms with E-state index in [-0.39, 0.29) is 17.1 Å². The third kappa shape index (κ3) is 3.51. The Kier molecular flexibility index (Phi) is 4.96. The molecule has 0 fully saturated rings. The van der Waals surface area contributed by atoms with Crippen molar-refractivity contribution in [3.05, 3.63) is 66.1 Å². The lowest BCUT2D eigenvalue weighted by Crippen LogP contribution is -2.14. The van der Waals surface area contributed by atoms with Gasteiger partial charge in [0.2, 0.25) is 15.9 Å². The predicted molar refractivity (Wildman–Crippen MR) is 109 cm³/mol. The first-order valence-electron chi connectivity index (χ1n) is 8.92. The summed E-state index contributed by atoms with van der Waals surface area (Å²) in [6.07, 6.45) is 2.64. The summed E-state index contributed by atoms with van der Waals surface area (Å²) >= 11 is 0. The third-order valence-corrected chi connectivity index (χ3v) is 5.61. The topological polar surface area (TPSA) is 113 Å². The Balaban J connectivity index is 1.91. The normalized spacial score (nSPS) is 11.7. The zero-order chi connectivity index (χ0) is 21.5. The highest BCUT2D eigenvalue weighted by atomic mass is 32.2. The molecule has 0 unspecified atom stereocenters. The van der Waals surface area contributed by atoms with E-state index in [1.54, 1.807) is 17.7 Å². The Labute approximate surface area is 172 Å². The number of hydrogen-bond donors (Lipinski definition) is 1. The maximum atomic E-state index is 14.6. The number of pyridine rings is 2. The van der Waals surface area contributed by atoms with Crippen LogP contribution in [0.5, 0.6) is 5.88 Å². The lowest BCUT2D eigenvalue weighted by atomic mass is 10.1. The van der Waals surface area contributed by atoms with Crippen molar-refractivity contribution >= 4 is 21.1 Å². The third-order valence-electron chi connectivity index (χ3n) is 4.72. The summed E-state index contributed by atoms with van der Waals surface area (Å²) < 4.78 is 44.8. The summed E-state index contributed by atoms with van der Waals surface area (Å²) in [4.78, 5) is 12.5. The number of aromatic nitrogens is 4. The van der Waals surface area contributed by atoms with E-state index in [2.05, 4.69) is 15.0 Å². The number of sulfonamides is 1. The highest BCUT2D eigenvalue weighted by Gasteiger charge is 2.20. The largest absolute Gasteiger partial charge is 0.480 e. The number of fused-ring (bicyclic) bond motifs is 1. The van der Waals surface area contributed by atoms with Gasteiger partial charge in [0.1, 0.15) is 22.1 Å². The number of rotatable bonds is 5. The van der Waals surface area contributed by atoms with Crippen molar-refractivity contribution in [2.45, 2.75) is 18.4 Å². The van der Waals surface area contributed by atoms with E-state index in [0.717, 1.165) is 23.4 Å². The molecule has 3 heterocycles. The van der Waals surface area contributed by atoms with E-state index in [1.807, 2.05) is 30.3 Å². The number of nitrogens with zero attached hydrogens (tertiary/aromatic N) is 4. The highest BCUT2D eigenvalue weighted by Crippen LogP contribution is 2.36. The van der Waals surface area contributed by atoms with Gasteiger partial charge in [-0.05, 0) is 18.6 Å². The summed E-state index contributed by atoms with van der Waals surface area (Å²) in [6, 6.07) is 10.4. The Morgan fingerprint density at radius 1 is 1.17 bits per heavy atom. The van der Waals surface area contributed by atoms with Gasteiger partial charge in [-0.2, -0.15) is 0 Å². The van der Waals surface area contributed by atoms with E-state index >= 15 is 0 Å². The van der Waals surface area contributed by atoms with Crippen LogP contribution in [0.1, 0.15) is 11.5 Å². The lowest BCUT2D eigenvalue weighted by Gasteiger charge is -2.13. The first kappa shape index (κ1) is 19.9. The van der Waals surface area contributed by atoms with E-state index in [9.17, 15) is 12.8 Å². The van der Waals surface area contributed by atoms with Crippen molar-refractivity contribution in [3.63, 3.8) is 0 Å². The number of nitrogens with two attached hydrogens (primary N) is 1. The zero-order valence-corrected chi connectivity index (χ0v) is 17.0. The summed E-state index contributed by atoms with van der Waals surface area (Å²) in [5.74, 6) is 0.256. The maximum Gasteiger partial charge on any atom is 0.239 e. The number of hydrogen-bond acceptors (Lipinski definition) is 6. The molecular weight excluding hydrogens is 409 g/mol. The molecule has 2 N–H and O–H groups in total. The molecule has 0 aliphatic rings. The molecule has 4 rings (SSSR count). The number of imidazole rings is 1. The summed E-state index contributed by atoms with van der Waals surface area (Å²) in [5, 5.41) is 5.06. The molecule has 0 aliphatic heterocycles. The van der Waals surface area contributed by atoms with Crippen LogP contribution in [0.4, 0.5) is 4.39 Å². The Hall–Kier alpha value is -3.37. The van der Waals surface area contributed by atoms with Gasteiger partial charge in [-0.1, -0.05) is 30.3 Å². The second-order valence-corrected chi connectivity index (χ2v) is 8.19. The van der Waals surface area contributed by atoms with E-state index in [4.69, 9.17) is 9.88 Å². The Bertz CT molecular complexity index is 1350. The molecule has 1 aromatic carbocycles.